The number of nitrogens with zero attached hydrogens (tertiary/aromatic N) is 2. The van der Waals surface area contributed by atoms with Gasteiger partial charge < -0.3 is 9.84 Å². The third kappa shape index (κ3) is 3.41. The first-order chi connectivity index (χ1) is 8.08. The highest BCUT2D eigenvalue weighted by molar-refractivity contribution is 6.32. The van der Waals surface area contributed by atoms with E-state index in [1.54, 1.807) is 18.2 Å². The Kier molecular flexibility index (Phi) is 4.39. The van der Waals surface area contributed by atoms with Crippen LogP contribution in [0.4, 0.5) is 0 Å². The summed E-state index contributed by atoms with van der Waals surface area (Å²) >= 11 is 5.92. The molecule has 1 rings (SSSR count). The zero-order chi connectivity index (χ0) is 12.8. The van der Waals surface area contributed by atoms with Crippen molar-refractivity contribution in [2.24, 2.45) is 5.11 Å². The summed E-state index contributed by atoms with van der Waals surface area (Å²) in [6.45, 7) is 0. The first kappa shape index (κ1) is 12.9. The molecule has 0 aliphatic heterocycles. The summed E-state index contributed by atoms with van der Waals surface area (Å²) in [4.78, 5) is 13.4. The SMILES string of the molecule is COc1ccc(/C=C(\N=[N+]=N)C(=O)O)c(Cl)c1. The van der Waals surface area contributed by atoms with Gasteiger partial charge in [0.05, 0.1) is 12.1 Å². The van der Waals surface area contributed by atoms with Gasteiger partial charge in [-0.2, -0.15) is 0 Å². The maximum absolute atomic E-state index is 10.8. The number of benzene rings is 1. The van der Waals surface area contributed by atoms with Gasteiger partial charge in [-0.3, -0.25) is 0 Å². The molecule has 0 aromatic heterocycles. The van der Waals surface area contributed by atoms with Crippen LogP contribution < -0.4 is 9.65 Å². The van der Waals surface area contributed by atoms with Gasteiger partial charge in [0, 0.05) is 0 Å². The molecule has 0 saturated heterocycles. The van der Waals surface area contributed by atoms with E-state index < -0.39 is 5.97 Å². The molecule has 0 atom stereocenters. The van der Waals surface area contributed by atoms with Gasteiger partial charge in [0.1, 0.15) is 11.3 Å². The van der Waals surface area contributed by atoms with Crippen LogP contribution in [0.2, 0.25) is 5.02 Å². The summed E-state index contributed by atoms with van der Waals surface area (Å²) in [7, 11) is 1.50. The van der Waals surface area contributed by atoms with E-state index in [4.69, 9.17) is 27.0 Å². The Morgan fingerprint density at radius 3 is 2.82 bits per heavy atom. The number of halogens is 1. The summed E-state index contributed by atoms with van der Waals surface area (Å²) in [5, 5.41) is 12.3. The van der Waals surface area contributed by atoms with Crippen LogP contribution in [0.25, 0.3) is 6.08 Å². The molecule has 0 saturated carbocycles. The molecule has 6 nitrogen and oxygen atoms in total. The summed E-state index contributed by atoms with van der Waals surface area (Å²) in [5.41, 5.74) is 6.60. The second-order valence-electron chi connectivity index (χ2n) is 2.92. The summed E-state index contributed by atoms with van der Waals surface area (Å²) in [5.74, 6) is -0.723. The van der Waals surface area contributed by atoms with Crippen LogP contribution in [0.1, 0.15) is 5.56 Å². The van der Waals surface area contributed by atoms with Crippen molar-refractivity contribution < 1.29 is 14.6 Å². The molecule has 0 radical (unpaired) electrons. The first-order valence-corrected chi connectivity index (χ1v) is 4.82. The Balaban J connectivity index is 3.20. The van der Waals surface area contributed by atoms with Crippen LogP contribution in [0.15, 0.2) is 29.0 Å². The van der Waals surface area contributed by atoms with Gasteiger partial charge in [-0.25, -0.2) is 4.79 Å². The molecule has 0 aliphatic carbocycles. The largest absolute Gasteiger partial charge is 0.497 e. The minimum absolute atomic E-state index is 0.322. The van der Waals surface area contributed by atoms with Crippen LogP contribution in [-0.2, 0) is 4.79 Å². The lowest BCUT2D eigenvalue weighted by atomic mass is 10.2. The number of methoxy groups -OCH3 is 1. The van der Waals surface area contributed by atoms with Crippen LogP contribution in [-0.4, -0.2) is 18.2 Å². The van der Waals surface area contributed by atoms with E-state index >= 15 is 0 Å². The fourth-order valence-corrected chi connectivity index (χ4v) is 1.31. The predicted molar refractivity (Wildman–Crippen MR) is 60.9 cm³/mol. The smallest absolute Gasteiger partial charge is 0.362 e. The van der Waals surface area contributed by atoms with E-state index in [1.807, 2.05) is 0 Å². The number of carboxylic acid groups (broad SMARTS) is 1. The molecule has 1 aromatic carbocycles. The molecular formula is C10H9ClN3O3+. The zero-order valence-corrected chi connectivity index (χ0v) is 9.60. The number of hydrogen-bond donors (Lipinski definition) is 2. The Morgan fingerprint density at radius 1 is 1.65 bits per heavy atom. The molecule has 2 N–H and O–H groups in total. The second kappa shape index (κ2) is 5.79. The van der Waals surface area contributed by atoms with Gasteiger partial charge in [0.2, 0.25) is 10.6 Å². The quantitative estimate of drug-likeness (QED) is 0.490. The third-order valence-electron chi connectivity index (χ3n) is 1.88. The molecule has 0 aliphatic rings. The maximum atomic E-state index is 10.8. The van der Waals surface area contributed by atoms with E-state index in [-0.39, 0.29) is 5.70 Å². The van der Waals surface area contributed by atoms with E-state index in [0.717, 1.165) is 0 Å². The lowest BCUT2D eigenvalue weighted by Gasteiger charge is -2.02. The van der Waals surface area contributed by atoms with Gasteiger partial charge in [0.25, 0.3) is 0 Å². The van der Waals surface area contributed by atoms with Crippen LogP contribution in [0.5, 0.6) is 5.75 Å². The Bertz CT molecular complexity index is 518. The van der Waals surface area contributed by atoms with Crippen molar-refractivity contribution in [3.05, 3.63) is 34.5 Å². The maximum Gasteiger partial charge on any atom is 0.362 e. The van der Waals surface area contributed by atoms with Crippen molar-refractivity contribution >= 4 is 23.6 Å². The van der Waals surface area contributed by atoms with Crippen molar-refractivity contribution in [1.82, 2.24) is 4.91 Å². The monoisotopic (exact) mass is 254 g/mol. The van der Waals surface area contributed by atoms with Crippen molar-refractivity contribution in [3.63, 3.8) is 0 Å². The average Bonchev–Trinajstić information content (AvgIpc) is 2.30. The van der Waals surface area contributed by atoms with Crippen LogP contribution >= 0.6 is 11.6 Å². The van der Waals surface area contributed by atoms with Crippen LogP contribution in [0, 0.1) is 5.53 Å². The molecule has 1 aromatic rings. The number of carboxylic acids is 1. The molecule has 0 bridgehead atoms. The highest BCUT2D eigenvalue weighted by Gasteiger charge is 2.12. The fourth-order valence-electron chi connectivity index (χ4n) is 1.09. The van der Waals surface area contributed by atoms with Gasteiger partial charge in [-0.15, -0.1) is 0 Å². The molecule has 17 heavy (non-hydrogen) atoms. The second-order valence-corrected chi connectivity index (χ2v) is 3.33. The molecule has 0 unspecified atom stereocenters. The average molecular weight is 255 g/mol. The third-order valence-corrected chi connectivity index (χ3v) is 2.20. The van der Waals surface area contributed by atoms with E-state index in [0.29, 0.717) is 16.3 Å². The zero-order valence-electron chi connectivity index (χ0n) is 8.85. The lowest BCUT2D eigenvalue weighted by molar-refractivity contribution is -0.132. The number of hydrogen-bond acceptors (Lipinski definition) is 4. The molecular weight excluding hydrogens is 246 g/mol. The molecule has 0 amide bonds. The highest BCUT2D eigenvalue weighted by atomic mass is 35.5. The summed E-state index contributed by atoms with van der Waals surface area (Å²) in [6, 6.07) is 4.77. The number of nitrogens with one attached hydrogen (secondary N) is 1. The van der Waals surface area contributed by atoms with Crippen molar-refractivity contribution in [2.75, 3.05) is 7.11 Å². The van der Waals surface area contributed by atoms with Crippen molar-refractivity contribution in [1.29, 1.82) is 5.53 Å². The molecule has 0 spiro atoms. The standard InChI is InChI=1S/C10H8ClN3O3/c1-17-7-3-2-6(8(11)5-7)4-9(10(15)16)13-14-12/h2-5,12H,1H3/p+1/b9-4-. The lowest BCUT2D eigenvalue weighted by Crippen LogP contribution is -1.97. The predicted octanol–water partition coefficient (Wildman–Crippen LogP) is 2.32. The van der Waals surface area contributed by atoms with Gasteiger partial charge in [-0.1, -0.05) is 11.6 Å². The van der Waals surface area contributed by atoms with E-state index in [9.17, 15) is 4.79 Å². The van der Waals surface area contributed by atoms with E-state index in [2.05, 4.69) is 10.0 Å². The van der Waals surface area contributed by atoms with Gasteiger partial charge in [-0.05, 0) is 29.8 Å². The molecule has 0 heterocycles. The van der Waals surface area contributed by atoms with Gasteiger partial charge in [0.15, 0.2) is 5.11 Å². The highest BCUT2D eigenvalue weighted by Crippen LogP contribution is 2.24. The topological polar surface area (TPSA) is 96.8 Å². The van der Waals surface area contributed by atoms with Crippen molar-refractivity contribution in [3.8, 4) is 5.75 Å². The Morgan fingerprint density at radius 2 is 2.35 bits per heavy atom. The number of ether oxygens (including phenoxy) is 1. The normalized spacial score (nSPS) is 10.6. The number of aliphatic carboxylic acids is 1. The Labute approximate surface area is 102 Å². The summed E-state index contributed by atoms with van der Waals surface area (Å²) in [6.07, 6.45) is 1.22. The van der Waals surface area contributed by atoms with Crippen LogP contribution in [0.3, 0.4) is 0 Å². The number of carbonyl (C=O) groups is 1. The minimum atomic E-state index is -1.28. The Hall–Kier alpha value is -2.17. The first-order valence-electron chi connectivity index (χ1n) is 4.44. The van der Waals surface area contributed by atoms with Gasteiger partial charge >= 0.3 is 5.97 Å². The summed E-state index contributed by atoms with van der Waals surface area (Å²) < 4.78 is 4.96. The van der Waals surface area contributed by atoms with Crippen molar-refractivity contribution in [2.45, 2.75) is 0 Å². The molecule has 7 heteroatoms. The fraction of sp³-hybridized carbons (Fsp3) is 0.100. The minimum Gasteiger partial charge on any atom is -0.497 e. The van der Waals surface area contributed by atoms with E-state index in [1.165, 1.54) is 13.2 Å². The molecule has 88 valence electrons. The molecule has 0 fully saturated rings. The number of rotatable bonds is 4.